The van der Waals surface area contributed by atoms with E-state index in [1.54, 1.807) is 6.07 Å². The minimum atomic E-state index is -0.415. The van der Waals surface area contributed by atoms with Crippen LogP contribution in [0.4, 0.5) is 15.8 Å². The molecule has 0 unspecified atom stereocenters. The molecule has 5 heteroatoms. The standard InChI is InChI=1S/C15H24FN3O/c1-11(2)20-15-10-14(13(17)9-12(15)16)18-5-8-19-6-3-4-7-19/h9-11,18H,3-8,17H2,1-2H3. The van der Waals surface area contributed by atoms with Crippen molar-refractivity contribution in [3.05, 3.63) is 17.9 Å². The van der Waals surface area contributed by atoms with E-state index in [0.717, 1.165) is 18.8 Å². The average molecular weight is 281 g/mol. The molecule has 0 radical (unpaired) electrons. The lowest BCUT2D eigenvalue weighted by atomic mass is 10.2. The van der Waals surface area contributed by atoms with Crippen LogP contribution in [0.15, 0.2) is 12.1 Å². The van der Waals surface area contributed by atoms with Crippen LogP contribution in [0.1, 0.15) is 26.7 Å². The Morgan fingerprint density at radius 2 is 2.05 bits per heavy atom. The van der Waals surface area contributed by atoms with Crippen molar-refractivity contribution in [2.75, 3.05) is 37.2 Å². The van der Waals surface area contributed by atoms with Crippen molar-refractivity contribution in [3.8, 4) is 5.75 Å². The largest absolute Gasteiger partial charge is 0.488 e. The fraction of sp³-hybridized carbons (Fsp3) is 0.600. The Hall–Kier alpha value is -1.49. The monoisotopic (exact) mass is 281 g/mol. The van der Waals surface area contributed by atoms with E-state index in [9.17, 15) is 4.39 Å². The summed E-state index contributed by atoms with van der Waals surface area (Å²) in [6, 6.07) is 2.96. The molecule has 1 fully saturated rings. The SMILES string of the molecule is CC(C)Oc1cc(NCCN2CCCC2)c(N)cc1F. The Labute approximate surface area is 120 Å². The number of nitrogens with one attached hydrogen (secondary N) is 1. The first-order chi connectivity index (χ1) is 9.56. The molecule has 1 aliphatic heterocycles. The highest BCUT2D eigenvalue weighted by atomic mass is 19.1. The van der Waals surface area contributed by atoms with Crippen molar-refractivity contribution < 1.29 is 9.13 Å². The third-order valence-corrected chi connectivity index (χ3v) is 3.41. The summed E-state index contributed by atoms with van der Waals surface area (Å²) in [5, 5.41) is 3.27. The maximum absolute atomic E-state index is 13.7. The van der Waals surface area contributed by atoms with Gasteiger partial charge in [0.25, 0.3) is 0 Å². The van der Waals surface area contributed by atoms with Gasteiger partial charge in [-0.3, -0.25) is 0 Å². The molecular formula is C15H24FN3O. The van der Waals surface area contributed by atoms with E-state index >= 15 is 0 Å². The molecule has 1 aliphatic rings. The first kappa shape index (κ1) is 14.9. The summed E-state index contributed by atoms with van der Waals surface area (Å²) in [7, 11) is 0. The Morgan fingerprint density at radius 3 is 2.70 bits per heavy atom. The van der Waals surface area contributed by atoms with E-state index in [0.29, 0.717) is 5.69 Å². The summed E-state index contributed by atoms with van der Waals surface area (Å²) in [6.07, 6.45) is 2.50. The molecule has 1 aromatic carbocycles. The molecule has 3 N–H and O–H groups in total. The molecule has 20 heavy (non-hydrogen) atoms. The smallest absolute Gasteiger partial charge is 0.167 e. The number of anilines is 2. The third-order valence-electron chi connectivity index (χ3n) is 3.41. The van der Waals surface area contributed by atoms with Gasteiger partial charge in [0.15, 0.2) is 11.6 Å². The number of nitrogen functional groups attached to an aromatic ring is 1. The quantitative estimate of drug-likeness (QED) is 0.787. The van der Waals surface area contributed by atoms with E-state index in [2.05, 4.69) is 10.2 Å². The first-order valence-corrected chi connectivity index (χ1v) is 7.28. The number of rotatable bonds is 6. The van der Waals surface area contributed by atoms with Crippen LogP contribution in [-0.4, -0.2) is 37.2 Å². The van der Waals surface area contributed by atoms with Gasteiger partial charge < -0.3 is 20.7 Å². The lowest BCUT2D eigenvalue weighted by Crippen LogP contribution is -2.26. The van der Waals surface area contributed by atoms with Crippen LogP contribution >= 0.6 is 0 Å². The normalized spacial score (nSPS) is 15.8. The molecule has 0 aliphatic carbocycles. The summed E-state index contributed by atoms with van der Waals surface area (Å²) in [5.41, 5.74) is 7.00. The van der Waals surface area contributed by atoms with Gasteiger partial charge in [0.1, 0.15) is 0 Å². The van der Waals surface area contributed by atoms with Gasteiger partial charge in [-0.1, -0.05) is 0 Å². The summed E-state index contributed by atoms with van der Waals surface area (Å²) < 4.78 is 19.2. The summed E-state index contributed by atoms with van der Waals surface area (Å²) in [5.74, 6) is -0.167. The van der Waals surface area contributed by atoms with Crippen molar-refractivity contribution in [2.24, 2.45) is 0 Å². The zero-order valence-corrected chi connectivity index (χ0v) is 12.3. The zero-order chi connectivity index (χ0) is 14.5. The van der Waals surface area contributed by atoms with E-state index in [-0.39, 0.29) is 11.9 Å². The Morgan fingerprint density at radius 1 is 1.35 bits per heavy atom. The van der Waals surface area contributed by atoms with Crippen molar-refractivity contribution in [3.63, 3.8) is 0 Å². The lowest BCUT2D eigenvalue weighted by Gasteiger charge is -2.17. The maximum atomic E-state index is 13.7. The molecule has 0 amide bonds. The number of hydrogen-bond donors (Lipinski definition) is 2. The molecule has 0 bridgehead atoms. The predicted octanol–water partition coefficient (Wildman–Crippen LogP) is 2.70. The molecule has 4 nitrogen and oxygen atoms in total. The van der Waals surface area contributed by atoms with Crippen LogP contribution in [0.3, 0.4) is 0 Å². The summed E-state index contributed by atoms with van der Waals surface area (Å²) >= 11 is 0. The van der Waals surface area contributed by atoms with E-state index in [1.165, 1.54) is 32.0 Å². The van der Waals surface area contributed by atoms with E-state index < -0.39 is 5.82 Å². The highest BCUT2D eigenvalue weighted by molar-refractivity contribution is 5.68. The van der Waals surface area contributed by atoms with Gasteiger partial charge in [-0.2, -0.15) is 0 Å². The molecule has 0 saturated carbocycles. The highest BCUT2D eigenvalue weighted by Gasteiger charge is 2.12. The zero-order valence-electron chi connectivity index (χ0n) is 12.3. The average Bonchev–Trinajstić information content (AvgIpc) is 2.87. The van der Waals surface area contributed by atoms with Crippen LogP contribution in [0, 0.1) is 5.82 Å². The van der Waals surface area contributed by atoms with Crippen molar-refractivity contribution >= 4 is 11.4 Å². The fourth-order valence-corrected chi connectivity index (χ4v) is 2.42. The van der Waals surface area contributed by atoms with Gasteiger partial charge in [-0.05, 0) is 39.8 Å². The van der Waals surface area contributed by atoms with Crippen LogP contribution < -0.4 is 15.8 Å². The van der Waals surface area contributed by atoms with Crippen molar-refractivity contribution in [2.45, 2.75) is 32.8 Å². The molecule has 1 aromatic rings. The molecule has 1 saturated heterocycles. The second kappa shape index (κ2) is 6.79. The van der Waals surface area contributed by atoms with Crippen molar-refractivity contribution in [1.82, 2.24) is 4.90 Å². The molecule has 0 atom stereocenters. The minimum Gasteiger partial charge on any atom is -0.488 e. The highest BCUT2D eigenvalue weighted by Crippen LogP contribution is 2.28. The summed E-state index contributed by atoms with van der Waals surface area (Å²) in [6.45, 7) is 7.87. The van der Waals surface area contributed by atoms with Crippen LogP contribution in [0.5, 0.6) is 5.75 Å². The second-order valence-electron chi connectivity index (χ2n) is 5.51. The number of halogens is 1. The topological polar surface area (TPSA) is 50.5 Å². The van der Waals surface area contributed by atoms with Gasteiger partial charge in [0.05, 0.1) is 17.5 Å². The first-order valence-electron chi connectivity index (χ1n) is 7.28. The number of ether oxygens (including phenoxy) is 1. The van der Waals surface area contributed by atoms with Gasteiger partial charge in [-0.15, -0.1) is 0 Å². The Balaban J connectivity index is 1.95. The number of likely N-dealkylation sites (tertiary alicyclic amines) is 1. The lowest BCUT2D eigenvalue weighted by molar-refractivity contribution is 0.231. The fourth-order valence-electron chi connectivity index (χ4n) is 2.42. The minimum absolute atomic E-state index is 0.0643. The second-order valence-corrected chi connectivity index (χ2v) is 5.51. The van der Waals surface area contributed by atoms with E-state index in [4.69, 9.17) is 10.5 Å². The molecule has 1 heterocycles. The molecule has 2 rings (SSSR count). The molecule has 0 spiro atoms. The Kier molecular flexibility index (Phi) is 5.06. The maximum Gasteiger partial charge on any atom is 0.167 e. The summed E-state index contributed by atoms with van der Waals surface area (Å²) in [4.78, 5) is 2.41. The molecular weight excluding hydrogens is 257 g/mol. The number of benzene rings is 1. The van der Waals surface area contributed by atoms with Gasteiger partial charge in [0.2, 0.25) is 0 Å². The number of hydrogen-bond acceptors (Lipinski definition) is 4. The Bertz CT molecular complexity index is 445. The van der Waals surface area contributed by atoms with Gasteiger partial charge in [0, 0.05) is 25.2 Å². The van der Waals surface area contributed by atoms with Crippen LogP contribution in [-0.2, 0) is 0 Å². The van der Waals surface area contributed by atoms with Crippen LogP contribution in [0.25, 0.3) is 0 Å². The van der Waals surface area contributed by atoms with Crippen LogP contribution in [0.2, 0.25) is 0 Å². The molecule has 0 aromatic heterocycles. The van der Waals surface area contributed by atoms with E-state index in [1.807, 2.05) is 13.8 Å². The predicted molar refractivity (Wildman–Crippen MR) is 80.7 cm³/mol. The number of nitrogens with two attached hydrogens (primary N) is 1. The number of nitrogens with zero attached hydrogens (tertiary/aromatic N) is 1. The molecule has 112 valence electrons. The van der Waals surface area contributed by atoms with Gasteiger partial charge >= 0.3 is 0 Å². The van der Waals surface area contributed by atoms with Crippen molar-refractivity contribution in [1.29, 1.82) is 0 Å². The third kappa shape index (κ3) is 4.00. The van der Waals surface area contributed by atoms with Gasteiger partial charge in [-0.25, -0.2) is 4.39 Å².